The second-order valence-electron chi connectivity index (χ2n) is 3.78. The molecule has 3 nitrogen and oxygen atoms in total. The first-order valence-corrected chi connectivity index (χ1v) is 6.80. The number of benzene rings is 1. The van der Waals surface area contributed by atoms with E-state index >= 15 is 0 Å². The van der Waals surface area contributed by atoms with Crippen LogP contribution in [0.25, 0.3) is 16.8 Å². The summed E-state index contributed by atoms with van der Waals surface area (Å²) < 4.78 is 15.5. The number of fused-ring (bicyclic) bond motifs is 1. The fourth-order valence-electron chi connectivity index (χ4n) is 1.84. The Balaban J connectivity index is 2.31. The predicted octanol–water partition coefficient (Wildman–Crippen LogP) is 1.45. The second-order valence-corrected chi connectivity index (χ2v) is 5.27. The Kier molecular flexibility index (Phi) is 2.84. The van der Waals surface area contributed by atoms with E-state index in [4.69, 9.17) is 11.6 Å². The maximum absolute atomic E-state index is 13.1. The summed E-state index contributed by atoms with van der Waals surface area (Å²) in [6, 6.07) is 8.10. The van der Waals surface area contributed by atoms with Gasteiger partial charge in [-0.15, -0.1) is 0 Å². The first-order chi connectivity index (χ1) is 8.65. The average molecular weight is 324 g/mol. The number of aromatic nitrogens is 3. The molecule has 1 unspecified atom stereocenters. The first-order valence-electron chi connectivity index (χ1n) is 5.21. The van der Waals surface area contributed by atoms with E-state index in [9.17, 15) is 4.39 Å². The molecule has 2 aromatic heterocycles. The summed E-state index contributed by atoms with van der Waals surface area (Å²) in [5.41, 5.74) is 2.33. The fourth-order valence-corrected chi connectivity index (χ4v) is 2.63. The van der Waals surface area contributed by atoms with Gasteiger partial charge in [-0.05, 0) is 0 Å². The standard InChI is InChI=1S/C12H8AsClFN3/c13-12-16-11-9(2-1-5-18(11)17-12)8-4-3-7(15)6-10(8)14/h1-6H,13H2. The molecule has 3 aromatic rings. The molecule has 0 saturated heterocycles. The van der Waals surface area contributed by atoms with Gasteiger partial charge in [-0.25, -0.2) is 0 Å². The molecular formula is C12H8AsClFN3. The molecule has 1 aromatic carbocycles. The van der Waals surface area contributed by atoms with Gasteiger partial charge in [-0.3, -0.25) is 0 Å². The Morgan fingerprint density at radius 3 is 2.83 bits per heavy atom. The van der Waals surface area contributed by atoms with Crippen molar-refractivity contribution in [2.24, 2.45) is 0 Å². The van der Waals surface area contributed by atoms with E-state index in [1.165, 1.54) is 29.0 Å². The molecule has 0 fully saturated rings. The van der Waals surface area contributed by atoms with Gasteiger partial charge in [0, 0.05) is 0 Å². The number of rotatable bonds is 1. The summed E-state index contributed by atoms with van der Waals surface area (Å²) in [5.74, 6) is -0.350. The molecule has 2 heterocycles. The SMILES string of the molecule is Fc1ccc(-c2cccn3nc([AsH2])nc23)c(Cl)c1. The van der Waals surface area contributed by atoms with Gasteiger partial charge in [-0.1, -0.05) is 0 Å². The van der Waals surface area contributed by atoms with Gasteiger partial charge in [0.15, 0.2) is 0 Å². The van der Waals surface area contributed by atoms with E-state index in [-0.39, 0.29) is 5.82 Å². The molecule has 90 valence electrons. The third-order valence-corrected chi connectivity index (χ3v) is 3.43. The summed E-state index contributed by atoms with van der Waals surface area (Å²) in [5, 5.41) is 4.63. The van der Waals surface area contributed by atoms with Crippen LogP contribution >= 0.6 is 11.6 Å². The Morgan fingerprint density at radius 1 is 1.22 bits per heavy atom. The third kappa shape index (κ3) is 1.92. The van der Waals surface area contributed by atoms with E-state index in [0.29, 0.717) is 5.02 Å². The molecule has 0 bridgehead atoms. The molecule has 0 amide bonds. The molecule has 0 spiro atoms. The van der Waals surface area contributed by atoms with Crippen molar-refractivity contribution < 1.29 is 4.39 Å². The maximum atomic E-state index is 13.1. The van der Waals surface area contributed by atoms with Gasteiger partial charge < -0.3 is 0 Å². The van der Waals surface area contributed by atoms with Crippen LogP contribution in [0.4, 0.5) is 4.39 Å². The summed E-state index contributed by atoms with van der Waals surface area (Å²) in [4.78, 5) is 4.38. The van der Waals surface area contributed by atoms with Gasteiger partial charge in [0.2, 0.25) is 0 Å². The fraction of sp³-hybridized carbons (Fsp3) is 0. The van der Waals surface area contributed by atoms with Crippen LogP contribution in [0, 0.1) is 5.82 Å². The monoisotopic (exact) mass is 323 g/mol. The molecule has 0 aliphatic carbocycles. The molecule has 18 heavy (non-hydrogen) atoms. The summed E-state index contributed by atoms with van der Waals surface area (Å²) >= 11 is 7.43. The summed E-state index contributed by atoms with van der Waals surface area (Å²) in [6.45, 7) is 0. The normalized spacial score (nSPS) is 11.1. The van der Waals surface area contributed by atoms with Gasteiger partial charge in [0.05, 0.1) is 0 Å². The quantitative estimate of drug-likeness (QED) is 0.635. The van der Waals surface area contributed by atoms with Crippen molar-refractivity contribution in [2.75, 3.05) is 0 Å². The van der Waals surface area contributed by atoms with Crippen LogP contribution in [0.3, 0.4) is 0 Å². The van der Waals surface area contributed by atoms with Crippen molar-refractivity contribution in [2.45, 2.75) is 0 Å². The summed E-state index contributed by atoms with van der Waals surface area (Å²) in [6.07, 6.45) is 1.83. The third-order valence-electron chi connectivity index (χ3n) is 2.60. The first kappa shape index (κ1) is 11.7. The average Bonchev–Trinajstić information content (AvgIpc) is 2.69. The molecule has 0 N–H and O–H groups in total. The Labute approximate surface area is 116 Å². The van der Waals surface area contributed by atoms with Crippen molar-refractivity contribution in [3.05, 3.63) is 47.4 Å². The zero-order chi connectivity index (χ0) is 12.7. The zero-order valence-corrected chi connectivity index (χ0v) is 12.3. The molecule has 0 aliphatic heterocycles. The van der Waals surface area contributed by atoms with E-state index in [1.54, 1.807) is 10.6 Å². The second kappa shape index (κ2) is 4.38. The molecule has 0 saturated carbocycles. The van der Waals surface area contributed by atoms with Crippen molar-refractivity contribution in [1.29, 1.82) is 0 Å². The summed E-state index contributed by atoms with van der Waals surface area (Å²) in [7, 11) is 0. The minimum absolute atomic E-state index is 0.350. The van der Waals surface area contributed by atoms with Gasteiger partial charge in [-0.2, -0.15) is 0 Å². The van der Waals surface area contributed by atoms with E-state index in [0.717, 1.165) is 21.4 Å². The van der Waals surface area contributed by atoms with Crippen LogP contribution in [0.2, 0.25) is 5.02 Å². The van der Waals surface area contributed by atoms with Gasteiger partial charge >= 0.3 is 116 Å². The number of hydrogen-bond acceptors (Lipinski definition) is 2. The Bertz CT molecular complexity index is 741. The van der Waals surface area contributed by atoms with Crippen molar-refractivity contribution >= 4 is 38.7 Å². The Hall–Kier alpha value is -1.38. The van der Waals surface area contributed by atoms with Crippen LogP contribution in [0.15, 0.2) is 36.5 Å². The molecule has 0 aliphatic rings. The van der Waals surface area contributed by atoms with Crippen molar-refractivity contribution in [3.8, 4) is 11.1 Å². The number of halogens is 2. The Morgan fingerprint density at radius 2 is 2.06 bits per heavy atom. The van der Waals surface area contributed by atoms with E-state index in [1.807, 2.05) is 18.3 Å². The topological polar surface area (TPSA) is 30.2 Å². The van der Waals surface area contributed by atoms with Crippen LogP contribution in [-0.2, 0) is 0 Å². The van der Waals surface area contributed by atoms with Gasteiger partial charge in [0.25, 0.3) is 0 Å². The van der Waals surface area contributed by atoms with E-state index in [2.05, 4.69) is 10.1 Å². The van der Waals surface area contributed by atoms with Crippen LogP contribution in [0.5, 0.6) is 0 Å². The number of pyridine rings is 1. The molecular weight excluding hydrogens is 316 g/mol. The molecule has 6 heteroatoms. The van der Waals surface area contributed by atoms with Crippen LogP contribution in [0.1, 0.15) is 0 Å². The molecule has 1 atom stereocenters. The van der Waals surface area contributed by atoms with E-state index < -0.39 is 0 Å². The molecule has 0 radical (unpaired) electrons. The van der Waals surface area contributed by atoms with Crippen LogP contribution < -0.4 is 4.61 Å². The van der Waals surface area contributed by atoms with Crippen LogP contribution in [-0.4, -0.2) is 31.5 Å². The number of nitrogens with zero attached hydrogens (tertiary/aromatic N) is 3. The van der Waals surface area contributed by atoms with Gasteiger partial charge in [0.1, 0.15) is 0 Å². The predicted molar refractivity (Wildman–Crippen MR) is 71.6 cm³/mol. The number of hydrogen-bond donors (Lipinski definition) is 0. The minimum atomic E-state index is -0.350. The van der Waals surface area contributed by atoms with Crippen molar-refractivity contribution in [3.63, 3.8) is 0 Å². The zero-order valence-electron chi connectivity index (χ0n) is 9.14. The molecule has 3 rings (SSSR count). The van der Waals surface area contributed by atoms with Crippen molar-refractivity contribution in [1.82, 2.24) is 14.6 Å².